The van der Waals surface area contributed by atoms with Crippen molar-refractivity contribution >= 4 is 11.3 Å². The number of nitrogens with zero attached hydrogens (tertiary/aromatic N) is 1. The first-order valence-corrected chi connectivity index (χ1v) is 5.02. The Morgan fingerprint density at radius 2 is 2.58 bits per heavy atom. The smallest absolute Gasteiger partial charge is 0.128 e. The third-order valence-corrected chi connectivity index (χ3v) is 3.16. The van der Waals surface area contributed by atoms with Crippen molar-refractivity contribution in [2.75, 3.05) is 13.1 Å². The minimum atomic E-state index is -0.702. The summed E-state index contributed by atoms with van der Waals surface area (Å²) in [7, 11) is 0. The topological polar surface area (TPSA) is 45.2 Å². The number of hydrogen-bond acceptors (Lipinski definition) is 4. The van der Waals surface area contributed by atoms with Crippen LogP contribution in [-0.4, -0.2) is 23.2 Å². The summed E-state index contributed by atoms with van der Waals surface area (Å²) in [4.78, 5) is 4.14. The molecule has 1 atom stereocenters. The predicted octanol–water partition coefficient (Wildman–Crippen LogP) is 0.714. The van der Waals surface area contributed by atoms with Crippen LogP contribution in [0.25, 0.3) is 0 Å². The summed E-state index contributed by atoms with van der Waals surface area (Å²) in [6.45, 7) is 1.65. The Morgan fingerprint density at radius 3 is 3.17 bits per heavy atom. The molecule has 3 nitrogen and oxygen atoms in total. The fraction of sp³-hybridized carbons (Fsp3) is 0.625. The third kappa shape index (κ3) is 1.37. The van der Waals surface area contributed by atoms with Gasteiger partial charge in [-0.05, 0) is 19.4 Å². The molecule has 1 aromatic rings. The van der Waals surface area contributed by atoms with Crippen LogP contribution in [0, 0.1) is 0 Å². The van der Waals surface area contributed by atoms with Gasteiger partial charge in [0, 0.05) is 18.1 Å². The Kier molecular flexibility index (Phi) is 2.12. The van der Waals surface area contributed by atoms with E-state index in [9.17, 15) is 5.11 Å². The predicted molar refractivity (Wildman–Crippen MR) is 48.1 cm³/mol. The van der Waals surface area contributed by atoms with E-state index in [1.165, 1.54) is 11.3 Å². The maximum Gasteiger partial charge on any atom is 0.128 e. The highest BCUT2D eigenvalue weighted by Gasteiger charge is 2.33. The lowest BCUT2D eigenvalue weighted by atomic mass is 9.95. The van der Waals surface area contributed by atoms with E-state index >= 15 is 0 Å². The van der Waals surface area contributed by atoms with E-state index in [1.54, 1.807) is 6.20 Å². The van der Waals surface area contributed by atoms with Crippen LogP contribution >= 0.6 is 11.3 Å². The number of piperidine rings is 1. The summed E-state index contributed by atoms with van der Waals surface area (Å²) in [5, 5.41) is 16.0. The van der Waals surface area contributed by atoms with Crippen LogP contribution in [0.4, 0.5) is 0 Å². The summed E-state index contributed by atoms with van der Waals surface area (Å²) in [6.07, 6.45) is 3.59. The van der Waals surface area contributed by atoms with E-state index in [-0.39, 0.29) is 0 Å². The lowest BCUT2D eigenvalue weighted by Crippen LogP contribution is -2.43. The van der Waals surface area contributed by atoms with Crippen LogP contribution < -0.4 is 5.32 Å². The highest BCUT2D eigenvalue weighted by atomic mass is 32.1. The third-order valence-electron chi connectivity index (χ3n) is 2.19. The number of hydrogen-bond donors (Lipinski definition) is 2. The van der Waals surface area contributed by atoms with Crippen molar-refractivity contribution in [3.05, 3.63) is 16.6 Å². The molecule has 1 unspecified atom stereocenters. The second kappa shape index (κ2) is 3.12. The molecule has 2 N–H and O–H groups in total. The van der Waals surface area contributed by atoms with Gasteiger partial charge < -0.3 is 10.4 Å². The van der Waals surface area contributed by atoms with Crippen molar-refractivity contribution in [1.29, 1.82) is 0 Å². The van der Waals surface area contributed by atoms with Gasteiger partial charge in [0.25, 0.3) is 0 Å². The van der Waals surface area contributed by atoms with Gasteiger partial charge in [-0.15, -0.1) is 11.3 Å². The summed E-state index contributed by atoms with van der Waals surface area (Å²) in [5.41, 5.74) is -0.702. The van der Waals surface area contributed by atoms with Crippen LogP contribution in [0.5, 0.6) is 0 Å². The number of rotatable bonds is 1. The first-order valence-electron chi connectivity index (χ1n) is 4.14. The van der Waals surface area contributed by atoms with E-state index in [4.69, 9.17) is 0 Å². The quantitative estimate of drug-likeness (QED) is 0.676. The van der Waals surface area contributed by atoms with Gasteiger partial charge in [-0.25, -0.2) is 4.98 Å². The Labute approximate surface area is 75.5 Å². The second-order valence-corrected chi connectivity index (χ2v) is 4.04. The normalized spacial score (nSPS) is 30.4. The molecule has 1 fully saturated rings. The van der Waals surface area contributed by atoms with E-state index in [2.05, 4.69) is 10.3 Å². The molecule has 1 aromatic heterocycles. The lowest BCUT2D eigenvalue weighted by molar-refractivity contribution is 0.0121. The molecule has 0 aliphatic carbocycles. The van der Waals surface area contributed by atoms with E-state index < -0.39 is 5.60 Å². The van der Waals surface area contributed by atoms with Crippen LogP contribution in [-0.2, 0) is 5.60 Å². The molecule has 2 heterocycles. The van der Waals surface area contributed by atoms with Gasteiger partial charge in [0.2, 0.25) is 0 Å². The highest BCUT2D eigenvalue weighted by molar-refractivity contribution is 7.09. The number of nitrogens with one attached hydrogen (secondary N) is 1. The molecular weight excluding hydrogens is 172 g/mol. The maximum absolute atomic E-state index is 10.1. The monoisotopic (exact) mass is 184 g/mol. The number of aromatic nitrogens is 1. The molecule has 4 heteroatoms. The molecule has 2 rings (SSSR count). The van der Waals surface area contributed by atoms with Crippen molar-refractivity contribution in [2.24, 2.45) is 0 Å². The minimum Gasteiger partial charge on any atom is -0.381 e. The molecular formula is C8H12N2OS. The first-order chi connectivity index (χ1) is 5.81. The largest absolute Gasteiger partial charge is 0.381 e. The van der Waals surface area contributed by atoms with Crippen LogP contribution in [0.2, 0.25) is 0 Å². The van der Waals surface area contributed by atoms with E-state index in [1.807, 2.05) is 5.38 Å². The van der Waals surface area contributed by atoms with Gasteiger partial charge >= 0.3 is 0 Å². The van der Waals surface area contributed by atoms with Crippen molar-refractivity contribution < 1.29 is 5.11 Å². The Morgan fingerprint density at radius 1 is 1.67 bits per heavy atom. The van der Waals surface area contributed by atoms with Crippen molar-refractivity contribution in [3.63, 3.8) is 0 Å². The van der Waals surface area contributed by atoms with Gasteiger partial charge in [0.05, 0.1) is 0 Å². The molecule has 1 aliphatic heterocycles. The summed E-state index contributed by atoms with van der Waals surface area (Å²) in [6, 6.07) is 0. The molecule has 0 saturated carbocycles. The lowest BCUT2D eigenvalue weighted by Gasteiger charge is -2.30. The molecule has 0 spiro atoms. The fourth-order valence-electron chi connectivity index (χ4n) is 1.53. The van der Waals surface area contributed by atoms with Crippen LogP contribution in [0.15, 0.2) is 11.6 Å². The molecule has 0 amide bonds. The molecule has 66 valence electrons. The van der Waals surface area contributed by atoms with Crippen LogP contribution in [0.3, 0.4) is 0 Å². The Bertz CT molecular complexity index is 242. The number of β-amino-alcohol motifs (C(OH)–C–C–N with tert-alkyl or cyclic N) is 1. The Balaban J connectivity index is 2.19. The van der Waals surface area contributed by atoms with Crippen molar-refractivity contribution in [3.8, 4) is 0 Å². The molecule has 1 saturated heterocycles. The summed E-state index contributed by atoms with van der Waals surface area (Å²) < 4.78 is 0. The molecule has 1 aliphatic rings. The average molecular weight is 184 g/mol. The zero-order chi connectivity index (χ0) is 8.44. The van der Waals surface area contributed by atoms with Gasteiger partial charge in [-0.2, -0.15) is 0 Å². The van der Waals surface area contributed by atoms with Gasteiger partial charge in [-0.1, -0.05) is 0 Å². The Hall–Kier alpha value is -0.450. The fourth-order valence-corrected chi connectivity index (χ4v) is 2.29. The second-order valence-electron chi connectivity index (χ2n) is 3.15. The van der Waals surface area contributed by atoms with E-state index in [0.29, 0.717) is 6.54 Å². The standard InChI is InChI=1S/C8H12N2OS/c11-8(2-1-3-9-6-8)7-10-4-5-12-7/h4-5,9,11H,1-3,6H2. The van der Waals surface area contributed by atoms with Crippen LogP contribution in [0.1, 0.15) is 17.8 Å². The zero-order valence-corrected chi connectivity index (χ0v) is 7.60. The van der Waals surface area contributed by atoms with Crippen molar-refractivity contribution in [1.82, 2.24) is 10.3 Å². The average Bonchev–Trinajstić information content (AvgIpc) is 2.58. The molecule has 12 heavy (non-hydrogen) atoms. The van der Waals surface area contributed by atoms with Crippen molar-refractivity contribution in [2.45, 2.75) is 18.4 Å². The van der Waals surface area contributed by atoms with Gasteiger partial charge in [-0.3, -0.25) is 0 Å². The van der Waals surface area contributed by atoms with E-state index in [0.717, 1.165) is 24.4 Å². The zero-order valence-electron chi connectivity index (χ0n) is 6.79. The minimum absolute atomic E-state index is 0.639. The maximum atomic E-state index is 10.1. The van der Waals surface area contributed by atoms with Gasteiger partial charge in [0.15, 0.2) is 0 Å². The highest BCUT2D eigenvalue weighted by Crippen LogP contribution is 2.29. The molecule has 0 radical (unpaired) electrons. The first kappa shape index (κ1) is 8.16. The molecule has 0 aromatic carbocycles. The summed E-state index contributed by atoms with van der Waals surface area (Å²) >= 11 is 1.53. The summed E-state index contributed by atoms with van der Waals surface area (Å²) in [5.74, 6) is 0. The van der Waals surface area contributed by atoms with Gasteiger partial charge in [0.1, 0.15) is 10.6 Å². The molecule has 0 bridgehead atoms. The number of thiazole rings is 1. The SMILES string of the molecule is OC1(c2nccs2)CCCNC1. The number of aliphatic hydroxyl groups is 1.